The summed E-state index contributed by atoms with van der Waals surface area (Å²) in [4.78, 5) is 0. The van der Waals surface area contributed by atoms with Crippen molar-refractivity contribution in [1.29, 1.82) is 0 Å². The molecular formula is C11H15BO2. The van der Waals surface area contributed by atoms with Gasteiger partial charge >= 0.3 is 0 Å². The lowest BCUT2D eigenvalue weighted by Crippen LogP contribution is -2.08. The number of benzene rings is 1. The van der Waals surface area contributed by atoms with E-state index in [2.05, 4.69) is 13.8 Å². The van der Waals surface area contributed by atoms with E-state index in [0.717, 1.165) is 17.1 Å². The van der Waals surface area contributed by atoms with Gasteiger partial charge in [-0.3, -0.25) is 0 Å². The maximum absolute atomic E-state index is 5.72. The molecule has 2 radical (unpaired) electrons. The first-order valence-corrected chi connectivity index (χ1v) is 4.61. The minimum Gasteiger partial charge on any atom is -0.496 e. The third-order valence-electron chi connectivity index (χ3n) is 2.14. The zero-order valence-electron chi connectivity index (χ0n) is 9.13. The molecule has 0 spiro atoms. The molecule has 0 saturated heterocycles. The highest BCUT2D eigenvalue weighted by Crippen LogP contribution is 2.33. The van der Waals surface area contributed by atoms with Gasteiger partial charge in [0.25, 0.3) is 0 Å². The Kier molecular flexibility index (Phi) is 3.45. The Bertz CT molecular complexity index is 296. The summed E-state index contributed by atoms with van der Waals surface area (Å²) in [6.45, 7) is 4.19. The summed E-state index contributed by atoms with van der Waals surface area (Å²) in [6, 6.07) is 3.63. The van der Waals surface area contributed by atoms with Gasteiger partial charge in [0.05, 0.1) is 14.2 Å². The minimum absolute atomic E-state index is 0.348. The zero-order chi connectivity index (χ0) is 10.7. The van der Waals surface area contributed by atoms with Gasteiger partial charge in [0.15, 0.2) is 0 Å². The highest BCUT2D eigenvalue weighted by atomic mass is 16.5. The molecule has 1 rings (SSSR count). The van der Waals surface area contributed by atoms with Crippen molar-refractivity contribution in [3.05, 3.63) is 17.7 Å². The summed E-state index contributed by atoms with van der Waals surface area (Å²) in [5.74, 6) is 1.93. The average molecular weight is 190 g/mol. The second-order valence-corrected chi connectivity index (χ2v) is 3.49. The number of hydrogen-bond donors (Lipinski definition) is 0. The summed E-state index contributed by atoms with van der Waals surface area (Å²) >= 11 is 0. The normalized spacial score (nSPS) is 10.4. The molecule has 2 nitrogen and oxygen atoms in total. The predicted octanol–water partition coefficient (Wildman–Crippen LogP) is 1.62. The summed E-state index contributed by atoms with van der Waals surface area (Å²) in [5.41, 5.74) is 1.72. The van der Waals surface area contributed by atoms with Crippen molar-refractivity contribution < 1.29 is 9.47 Å². The van der Waals surface area contributed by atoms with Crippen LogP contribution in [-0.4, -0.2) is 22.1 Å². The van der Waals surface area contributed by atoms with Crippen LogP contribution in [0.3, 0.4) is 0 Å². The molecule has 1 aromatic rings. The van der Waals surface area contributed by atoms with E-state index in [1.54, 1.807) is 14.2 Å². The number of rotatable bonds is 3. The first-order chi connectivity index (χ1) is 6.60. The number of hydrogen-bond acceptors (Lipinski definition) is 2. The van der Waals surface area contributed by atoms with Crippen molar-refractivity contribution in [3.8, 4) is 11.5 Å². The summed E-state index contributed by atoms with van der Waals surface area (Å²) in [6.07, 6.45) is 0. The van der Waals surface area contributed by atoms with Gasteiger partial charge in [-0.25, -0.2) is 0 Å². The van der Waals surface area contributed by atoms with Crippen LogP contribution < -0.4 is 14.9 Å². The zero-order valence-corrected chi connectivity index (χ0v) is 9.13. The van der Waals surface area contributed by atoms with Crippen LogP contribution in [-0.2, 0) is 0 Å². The van der Waals surface area contributed by atoms with E-state index >= 15 is 0 Å². The lowest BCUT2D eigenvalue weighted by Gasteiger charge is -2.16. The van der Waals surface area contributed by atoms with Crippen LogP contribution in [0.4, 0.5) is 0 Å². The van der Waals surface area contributed by atoms with Crippen LogP contribution in [0, 0.1) is 0 Å². The molecule has 0 aromatic heterocycles. The van der Waals surface area contributed by atoms with Crippen LogP contribution in [0.1, 0.15) is 25.3 Å². The highest BCUT2D eigenvalue weighted by molar-refractivity contribution is 6.32. The van der Waals surface area contributed by atoms with Crippen molar-refractivity contribution in [2.75, 3.05) is 14.2 Å². The quantitative estimate of drug-likeness (QED) is 0.674. The molecule has 0 N–H and O–H groups in total. The van der Waals surface area contributed by atoms with Gasteiger partial charge in [0.2, 0.25) is 0 Å². The van der Waals surface area contributed by atoms with Crippen LogP contribution in [0.15, 0.2) is 12.1 Å². The van der Waals surface area contributed by atoms with E-state index in [9.17, 15) is 0 Å². The molecule has 74 valence electrons. The van der Waals surface area contributed by atoms with Crippen LogP contribution >= 0.6 is 0 Å². The molecule has 0 aliphatic rings. The van der Waals surface area contributed by atoms with Crippen molar-refractivity contribution in [2.24, 2.45) is 0 Å². The molecule has 0 heterocycles. The fourth-order valence-corrected chi connectivity index (χ4v) is 1.53. The van der Waals surface area contributed by atoms with Gasteiger partial charge < -0.3 is 9.47 Å². The Hall–Kier alpha value is -1.12. The molecular weight excluding hydrogens is 175 g/mol. The largest absolute Gasteiger partial charge is 0.496 e. The van der Waals surface area contributed by atoms with E-state index in [4.69, 9.17) is 17.3 Å². The van der Waals surface area contributed by atoms with Crippen molar-refractivity contribution >= 4 is 13.3 Å². The molecule has 0 saturated carbocycles. The SMILES string of the molecule is [B]c1cc(OC)c(C(C)C)c(OC)c1. The molecule has 0 fully saturated rings. The molecule has 0 aliphatic heterocycles. The molecule has 1 aromatic carbocycles. The maximum Gasteiger partial charge on any atom is 0.125 e. The van der Waals surface area contributed by atoms with Gasteiger partial charge in [0, 0.05) is 5.56 Å². The Morgan fingerprint density at radius 3 is 1.79 bits per heavy atom. The first-order valence-electron chi connectivity index (χ1n) is 4.61. The molecule has 0 bridgehead atoms. The summed E-state index contributed by atoms with van der Waals surface area (Å²) in [5, 5.41) is 0. The molecule has 0 unspecified atom stereocenters. The van der Waals surface area contributed by atoms with Gasteiger partial charge in [-0.15, -0.1) is 0 Å². The predicted molar refractivity (Wildman–Crippen MR) is 59.0 cm³/mol. The van der Waals surface area contributed by atoms with Gasteiger partial charge in [-0.2, -0.15) is 0 Å². The Balaban J connectivity index is 3.33. The lowest BCUT2D eigenvalue weighted by molar-refractivity contribution is 0.382. The monoisotopic (exact) mass is 190 g/mol. The molecule has 0 amide bonds. The smallest absolute Gasteiger partial charge is 0.125 e. The van der Waals surface area contributed by atoms with Crippen LogP contribution in [0.2, 0.25) is 0 Å². The molecule has 0 atom stereocenters. The van der Waals surface area contributed by atoms with Gasteiger partial charge in [-0.05, 0) is 18.1 Å². The highest BCUT2D eigenvalue weighted by Gasteiger charge is 2.13. The van der Waals surface area contributed by atoms with E-state index in [1.807, 2.05) is 12.1 Å². The number of ether oxygens (including phenoxy) is 2. The fraction of sp³-hybridized carbons (Fsp3) is 0.455. The topological polar surface area (TPSA) is 18.5 Å². The average Bonchev–Trinajstić information content (AvgIpc) is 2.15. The minimum atomic E-state index is 0.348. The Labute approximate surface area is 86.6 Å². The Morgan fingerprint density at radius 1 is 1.07 bits per heavy atom. The van der Waals surface area contributed by atoms with E-state index in [0.29, 0.717) is 11.4 Å². The van der Waals surface area contributed by atoms with E-state index in [1.165, 1.54) is 0 Å². The van der Waals surface area contributed by atoms with Crippen LogP contribution in [0.25, 0.3) is 0 Å². The molecule has 3 heteroatoms. The second kappa shape index (κ2) is 4.40. The van der Waals surface area contributed by atoms with E-state index in [-0.39, 0.29) is 0 Å². The number of methoxy groups -OCH3 is 2. The Morgan fingerprint density at radius 2 is 1.50 bits per heavy atom. The summed E-state index contributed by atoms with van der Waals surface area (Å²) in [7, 11) is 9.00. The van der Waals surface area contributed by atoms with Gasteiger partial charge in [0.1, 0.15) is 19.3 Å². The standard InChI is InChI=1S/C11H15BO2/c1-7(2)11-9(13-3)5-8(12)6-10(11)14-4/h5-7H,1-4H3. The van der Waals surface area contributed by atoms with E-state index < -0.39 is 0 Å². The third-order valence-corrected chi connectivity index (χ3v) is 2.14. The first kappa shape index (κ1) is 11.0. The third kappa shape index (κ3) is 2.03. The van der Waals surface area contributed by atoms with Crippen LogP contribution in [0.5, 0.6) is 11.5 Å². The molecule has 0 aliphatic carbocycles. The lowest BCUT2D eigenvalue weighted by atomic mass is 9.91. The van der Waals surface area contributed by atoms with Crippen molar-refractivity contribution in [3.63, 3.8) is 0 Å². The van der Waals surface area contributed by atoms with Gasteiger partial charge in [-0.1, -0.05) is 19.3 Å². The molecule has 14 heavy (non-hydrogen) atoms. The second-order valence-electron chi connectivity index (χ2n) is 3.49. The maximum atomic E-state index is 5.72. The summed E-state index contributed by atoms with van der Waals surface area (Å²) < 4.78 is 10.5. The fourth-order valence-electron chi connectivity index (χ4n) is 1.53. The van der Waals surface area contributed by atoms with Crippen molar-refractivity contribution in [1.82, 2.24) is 0 Å². The van der Waals surface area contributed by atoms with Crippen molar-refractivity contribution in [2.45, 2.75) is 19.8 Å².